The zero-order valence-electron chi connectivity index (χ0n) is 19.9. The molecule has 1 saturated carbocycles. The van der Waals surface area contributed by atoms with Gasteiger partial charge in [-0.05, 0) is 73.2 Å². The first-order valence-corrected chi connectivity index (χ1v) is 14.4. The van der Waals surface area contributed by atoms with E-state index in [-0.39, 0.29) is 11.0 Å². The molecule has 1 aromatic rings. The second-order valence-corrected chi connectivity index (χ2v) is 15.1. The van der Waals surface area contributed by atoms with Crippen LogP contribution < -0.4 is 0 Å². The molecule has 0 bridgehead atoms. The summed E-state index contributed by atoms with van der Waals surface area (Å²) < 4.78 is 12.0. The number of hydrogen-bond donors (Lipinski definition) is 0. The van der Waals surface area contributed by atoms with Gasteiger partial charge in [0.25, 0.3) is 0 Å². The molecule has 3 nitrogen and oxygen atoms in total. The zero-order valence-corrected chi connectivity index (χ0v) is 20.9. The Morgan fingerprint density at radius 2 is 1.83 bits per heavy atom. The van der Waals surface area contributed by atoms with Crippen LogP contribution >= 0.6 is 0 Å². The van der Waals surface area contributed by atoms with E-state index in [1.807, 2.05) is 12.3 Å². The number of rotatable bonds is 9. The van der Waals surface area contributed by atoms with E-state index in [2.05, 4.69) is 64.2 Å². The van der Waals surface area contributed by atoms with E-state index in [1.54, 1.807) is 7.11 Å². The van der Waals surface area contributed by atoms with Crippen molar-refractivity contribution in [3.63, 3.8) is 0 Å². The quantitative estimate of drug-likeness (QED) is 0.311. The first-order chi connectivity index (χ1) is 14.2. The third kappa shape index (κ3) is 6.99. The molecule has 0 N–H and O–H groups in total. The predicted molar refractivity (Wildman–Crippen MR) is 128 cm³/mol. The summed E-state index contributed by atoms with van der Waals surface area (Å²) in [5, 5.41) is 10.0. The van der Waals surface area contributed by atoms with Crippen molar-refractivity contribution in [2.24, 2.45) is 17.8 Å². The van der Waals surface area contributed by atoms with E-state index in [4.69, 9.17) is 9.16 Å². The number of benzene rings is 1. The number of nitrogens with zero attached hydrogens (tertiary/aromatic N) is 1. The van der Waals surface area contributed by atoms with Gasteiger partial charge in [-0.1, -0.05) is 57.5 Å². The normalized spacial score (nSPS) is 22.5. The maximum Gasteiger partial charge on any atom is 0.191 e. The maximum absolute atomic E-state index is 9.79. The highest BCUT2D eigenvalue weighted by atomic mass is 28.4. The van der Waals surface area contributed by atoms with Crippen molar-refractivity contribution < 1.29 is 9.16 Å². The molecule has 1 fully saturated rings. The van der Waals surface area contributed by atoms with Gasteiger partial charge in [0.2, 0.25) is 0 Å². The summed E-state index contributed by atoms with van der Waals surface area (Å²) in [5.41, 5.74) is 2.65. The monoisotopic (exact) mass is 427 g/mol. The Labute approximate surface area is 185 Å². The van der Waals surface area contributed by atoms with Crippen LogP contribution in [0, 0.1) is 29.1 Å². The van der Waals surface area contributed by atoms with Gasteiger partial charge in [-0.3, -0.25) is 0 Å². The van der Waals surface area contributed by atoms with Crippen LogP contribution in [0.15, 0.2) is 42.2 Å². The Morgan fingerprint density at radius 1 is 1.17 bits per heavy atom. The van der Waals surface area contributed by atoms with Crippen LogP contribution in [0.3, 0.4) is 0 Å². The Bertz CT molecular complexity index is 715. The van der Waals surface area contributed by atoms with E-state index >= 15 is 0 Å². The third-order valence-corrected chi connectivity index (χ3v) is 11.7. The van der Waals surface area contributed by atoms with Gasteiger partial charge in [-0.2, -0.15) is 5.26 Å². The topological polar surface area (TPSA) is 42.2 Å². The summed E-state index contributed by atoms with van der Waals surface area (Å²) in [5.74, 6) is 0.981. The van der Waals surface area contributed by atoms with Gasteiger partial charge >= 0.3 is 0 Å². The van der Waals surface area contributed by atoms with E-state index < -0.39 is 8.32 Å². The number of methoxy groups -OCH3 is 1. The molecule has 4 heteroatoms. The minimum atomic E-state index is -1.72. The minimum absolute atomic E-state index is 0.0416. The van der Waals surface area contributed by atoms with Crippen molar-refractivity contribution in [2.45, 2.75) is 77.4 Å². The summed E-state index contributed by atoms with van der Waals surface area (Å²) in [6.07, 6.45) is 8.34. The molecule has 0 spiro atoms. The first kappa shape index (κ1) is 24.7. The maximum atomic E-state index is 9.79. The average molecular weight is 428 g/mol. The molecule has 1 unspecified atom stereocenters. The van der Waals surface area contributed by atoms with E-state index in [9.17, 15) is 5.26 Å². The largest absolute Gasteiger partial charge is 0.504 e. The molecule has 1 aliphatic carbocycles. The highest BCUT2D eigenvalue weighted by molar-refractivity contribution is 6.74. The molecule has 0 aromatic heterocycles. The van der Waals surface area contributed by atoms with Crippen molar-refractivity contribution in [3.05, 3.63) is 47.7 Å². The van der Waals surface area contributed by atoms with Crippen LogP contribution in [-0.4, -0.2) is 22.0 Å². The minimum Gasteiger partial charge on any atom is -0.504 e. The van der Waals surface area contributed by atoms with Crippen molar-refractivity contribution in [3.8, 4) is 6.07 Å². The van der Waals surface area contributed by atoms with Crippen molar-refractivity contribution in [2.75, 3.05) is 13.7 Å². The Morgan fingerprint density at radius 3 is 2.43 bits per heavy atom. The fourth-order valence-electron chi connectivity index (χ4n) is 4.27. The van der Waals surface area contributed by atoms with Crippen LogP contribution in [0.4, 0.5) is 0 Å². The van der Waals surface area contributed by atoms with E-state index in [1.165, 1.54) is 24.0 Å². The molecule has 30 heavy (non-hydrogen) atoms. The lowest BCUT2D eigenvalue weighted by atomic mass is 9.72. The molecule has 2 rings (SSSR count). The number of nitriles is 1. The van der Waals surface area contributed by atoms with Crippen LogP contribution in [-0.2, 0) is 15.6 Å². The van der Waals surface area contributed by atoms with Crippen molar-refractivity contribution in [1.29, 1.82) is 5.26 Å². The molecule has 1 aromatic carbocycles. The van der Waals surface area contributed by atoms with Crippen LogP contribution in [0.2, 0.25) is 18.1 Å². The zero-order chi connectivity index (χ0) is 22.2. The van der Waals surface area contributed by atoms with Gasteiger partial charge in [0.1, 0.15) is 0 Å². The third-order valence-electron chi connectivity index (χ3n) is 7.11. The lowest BCUT2D eigenvalue weighted by molar-refractivity contribution is 0.227. The summed E-state index contributed by atoms with van der Waals surface area (Å²) in [6.45, 7) is 12.3. The fourth-order valence-corrected chi connectivity index (χ4v) is 5.33. The second-order valence-electron chi connectivity index (χ2n) is 10.3. The Kier molecular flexibility index (Phi) is 9.19. The standard InChI is InChI=1S/C26H41NO2Si/c1-26(2,3)30(5,6)29-16-15-23-13-10-14-24(25(23)20-28-4)18-22(19-27)17-21-11-8-7-9-12-21/h7-9,11-12,20,22-24H,10,13-18H2,1-6H3/b25-20-/t22?,23-,24+/m0/s1. The average Bonchev–Trinajstić information content (AvgIpc) is 2.69. The van der Waals surface area contributed by atoms with Gasteiger partial charge in [-0.25, -0.2) is 0 Å². The van der Waals surface area contributed by atoms with Crippen molar-refractivity contribution >= 4 is 8.32 Å². The SMILES string of the molecule is CO/C=C1/[C@H](CCO[Si](C)(C)C(C)(C)C)CCC[C@@H]1CC(C#N)Cc1ccccc1. The molecule has 0 saturated heterocycles. The van der Waals surface area contributed by atoms with Gasteiger partial charge in [0.15, 0.2) is 8.32 Å². The van der Waals surface area contributed by atoms with E-state index in [0.29, 0.717) is 11.8 Å². The molecular weight excluding hydrogens is 386 g/mol. The second kappa shape index (κ2) is 11.2. The highest BCUT2D eigenvalue weighted by Gasteiger charge is 2.37. The molecule has 3 atom stereocenters. The lowest BCUT2D eigenvalue weighted by Crippen LogP contribution is -2.41. The van der Waals surface area contributed by atoms with Gasteiger partial charge in [-0.15, -0.1) is 0 Å². The molecule has 0 aliphatic heterocycles. The van der Waals surface area contributed by atoms with Crippen LogP contribution in [0.5, 0.6) is 0 Å². The first-order valence-electron chi connectivity index (χ1n) is 11.5. The number of ether oxygens (including phenoxy) is 1. The summed E-state index contributed by atoms with van der Waals surface area (Å²) in [4.78, 5) is 0. The van der Waals surface area contributed by atoms with E-state index in [0.717, 1.165) is 32.3 Å². The van der Waals surface area contributed by atoms with Gasteiger partial charge in [0, 0.05) is 6.61 Å². The highest BCUT2D eigenvalue weighted by Crippen LogP contribution is 2.41. The Balaban J connectivity index is 2.01. The lowest BCUT2D eigenvalue weighted by Gasteiger charge is -2.38. The Hall–Kier alpha value is -1.57. The van der Waals surface area contributed by atoms with Gasteiger partial charge in [0.05, 0.1) is 25.4 Å². The predicted octanol–water partition coefficient (Wildman–Crippen LogP) is 7.12. The molecule has 0 amide bonds. The van der Waals surface area contributed by atoms with Crippen LogP contribution in [0.1, 0.15) is 58.4 Å². The smallest absolute Gasteiger partial charge is 0.191 e. The molecule has 0 radical (unpaired) electrons. The molecule has 166 valence electrons. The van der Waals surface area contributed by atoms with Crippen molar-refractivity contribution in [1.82, 2.24) is 0 Å². The number of hydrogen-bond acceptors (Lipinski definition) is 3. The molecule has 0 heterocycles. The van der Waals surface area contributed by atoms with Crippen LogP contribution in [0.25, 0.3) is 0 Å². The number of allylic oxidation sites excluding steroid dienone is 1. The molecular formula is C26H41NO2Si. The summed E-state index contributed by atoms with van der Waals surface area (Å²) >= 11 is 0. The van der Waals surface area contributed by atoms with Gasteiger partial charge < -0.3 is 9.16 Å². The summed E-state index contributed by atoms with van der Waals surface area (Å²) in [7, 11) is 0.0277. The molecule has 1 aliphatic rings. The fraction of sp³-hybridized carbons (Fsp3) is 0.654. The summed E-state index contributed by atoms with van der Waals surface area (Å²) in [6, 6.07) is 13.0.